The number of rotatable bonds is 6. The molecule has 2 aliphatic rings. The minimum atomic E-state index is -3.74. The third-order valence-electron chi connectivity index (χ3n) is 5.22. The highest BCUT2D eigenvalue weighted by Gasteiger charge is 2.35. The molecule has 3 rings (SSSR count). The van der Waals surface area contributed by atoms with E-state index < -0.39 is 10.0 Å². The summed E-state index contributed by atoms with van der Waals surface area (Å²) >= 11 is 0. The van der Waals surface area contributed by atoms with Crippen molar-refractivity contribution >= 4 is 15.9 Å². The lowest BCUT2D eigenvalue weighted by atomic mass is 9.97. The van der Waals surface area contributed by atoms with Gasteiger partial charge in [-0.3, -0.25) is 4.79 Å². The maximum atomic E-state index is 13.0. The number of carbonyl (C=O) groups is 1. The predicted molar refractivity (Wildman–Crippen MR) is 106 cm³/mol. The van der Waals surface area contributed by atoms with E-state index in [-0.39, 0.29) is 47.6 Å². The number of hydrogen-bond acceptors (Lipinski definition) is 5. The summed E-state index contributed by atoms with van der Waals surface area (Å²) in [6.45, 7) is 6.36. The van der Waals surface area contributed by atoms with Crippen LogP contribution in [0.3, 0.4) is 0 Å². The smallest absolute Gasteiger partial charge is 0.287 e. The molecule has 0 bridgehead atoms. The number of sulfonamides is 1. The van der Waals surface area contributed by atoms with Crippen LogP contribution < -0.4 is 5.32 Å². The van der Waals surface area contributed by atoms with Gasteiger partial charge in [-0.1, -0.05) is 11.6 Å². The maximum absolute atomic E-state index is 13.0. The van der Waals surface area contributed by atoms with Gasteiger partial charge >= 0.3 is 0 Å². The van der Waals surface area contributed by atoms with Crippen LogP contribution in [0.5, 0.6) is 0 Å². The van der Waals surface area contributed by atoms with Crippen LogP contribution in [0.25, 0.3) is 0 Å². The quantitative estimate of drug-likeness (QED) is 0.728. The number of hydrogen-bond donors (Lipinski definition) is 1. The summed E-state index contributed by atoms with van der Waals surface area (Å²) in [5.41, 5.74) is 1.38. The number of allylic oxidation sites excluding steroid dienone is 1. The van der Waals surface area contributed by atoms with Gasteiger partial charge < -0.3 is 14.5 Å². The standard InChI is InChI=1S/C20H30N2O5S/c1-14-12-22(13-15(2)26-14)28(24,25)19-11-18(27-16(19)3)20(23)21-10-9-17-7-5-4-6-8-17/h7,11,14-15H,4-6,8-10,12-13H2,1-3H3,(H,21,23)/t14-,15-/m1/s1. The average molecular weight is 411 g/mol. The molecule has 1 amide bonds. The van der Waals surface area contributed by atoms with E-state index >= 15 is 0 Å². The Morgan fingerprint density at radius 1 is 1.25 bits per heavy atom. The van der Waals surface area contributed by atoms with Crippen molar-refractivity contribution in [3.05, 3.63) is 29.2 Å². The van der Waals surface area contributed by atoms with Crippen molar-refractivity contribution in [1.29, 1.82) is 0 Å². The molecular weight excluding hydrogens is 380 g/mol. The zero-order valence-corrected chi connectivity index (χ0v) is 17.7. The normalized spacial score (nSPS) is 24.0. The number of amides is 1. The molecule has 0 aromatic carbocycles. The van der Waals surface area contributed by atoms with Gasteiger partial charge in [0.15, 0.2) is 5.76 Å². The summed E-state index contributed by atoms with van der Waals surface area (Å²) in [6.07, 6.45) is 7.36. The Morgan fingerprint density at radius 3 is 2.61 bits per heavy atom. The molecule has 1 aliphatic carbocycles. The number of furan rings is 1. The second-order valence-electron chi connectivity index (χ2n) is 7.72. The highest BCUT2D eigenvalue weighted by Crippen LogP contribution is 2.26. The molecular formula is C20H30N2O5S. The first-order valence-corrected chi connectivity index (χ1v) is 11.4. The van der Waals surface area contributed by atoms with Gasteiger partial charge in [-0.05, 0) is 52.9 Å². The fraction of sp³-hybridized carbons (Fsp3) is 0.650. The van der Waals surface area contributed by atoms with Gasteiger partial charge in [-0.25, -0.2) is 8.42 Å². The summed E-state index contributed by atoms with van der Waals surface area (Å²) in [7, 11) is -3.74. The van der Waals surface area contributed by atoms with Gasteiger partial charge in [0.05, 0.1) is 12.2 Å². The van der Waals surface area contributed by atoms with Crippen molar-refractivity contribution in [3.63, 3.8) is 0 Å². The summed E-state index contributed by atoms with van der Waals surface area (Å²) in [5.74, 6) is -0.125. The van der Waals surface area contributed by atoms with E-state index in [0.717, 1.165) is 19.3 Å². The first-order valence-electron chi connectivity index (χ1n) is 9.99. The Morgan fingerprint density at radius 2 is 1.96 bits per heavy atom. The Balaban J connectivity index is 1.66. The van der Waals surface area contributed by atoms with Crippen LogP contribution in [-0.2, 0) is 14.8 Å². The van der Waals surface area contributed by atoms with Gasteiger partial charge in [0.2, 0.25) is 10.0 Å². The second-order valence-corrected chi connectivity index (χ2v) is 9.63. The summed E-state index contributed by atoms with van der Waals surface area (Å²) < 4.78 is 38.6. The number of carbonyl (C=O) groups excluding carboxylic acids is 1. The van der Waals surface area contributed by atoms with Crippen LogP contribution in [0.2, 0.25) is 0 Å². The van der Waals surface area contributed by atoms with Crippen LogP contribution in [-0.4, -0.2) is 50.5 Å². The van der Waals surface area contributed by atoms with Crippen molar-refractivity contribution in [2.45, 2.75) is 70.0 Å². The molecule has 0 spiro atoms. The lowest BCUT2D eigenvalue weighted by Gasteiger charge is -2.34. The second kappa shape index (κ2) is 8.80. The van der Waals surface area contributed by atoms with Crippen molar-refractivity contribution in [3.8, 4) is 0 Å². The highest BCUT2D eigenvalue weighted by molar-refractivity contribution is 7.89. The van der Waals surface area contributed by atoms with E-state index in [1.165, 1.54) is 28.8 Å². The predicted octanol–water partition coefficient (Wildman–Crippen LogP) is 3.01. The Hall–Kier alpha value is -1.64. The number of ether oxygens (including phenoxy) is 1. The average Bonchev–Trinajstić information content (AvgIpc) is 3.04. The van der Waals surface area contributed by atoms with E-state index in [4.69, 9.17) is 9.15 Å². The van der Waals surface area contributed by atoms with Crippen molar-refractivity contribution in [1.82, 2.24) is 9.62 Å². The molecule has 1 aromatic heterocycles. The molecule has 8 heteroatoms. The maximum Gasteiger partial charge on any atom is 0.287 e. The van der Waals surface area contributed by atoms with Crippen molar-refractivity contribution in [2.75, 3.05) is 19.6 Å². The molecule has 1 aliphatic heterocycles. The molecule has 156 valence electrons. The highest BCUT2D eigenvalue weighted by atomic mass is 32.2. The van der Waals surface area contributed by atoms with E-state index in [2.05, 4.69) is 11.4 Å². The van der Waals surface area contributed by atoms with Crippen molar-refractivity contribution < 1.29 is 22.4 Å². The number of nitrogens with one attached hydrogen (secondary N) is 1. The van der Waals surface area contributed by atoms with Crippen LogP contribution in [0.4, 0.5) is 0 Å². The molecule has 0 saturated carbocycles. The minimum Gasteiger partial charge on any atom is -0.455 e. The molecule has 1 fully saturated rings. The molecule has 1 aromatic rings. The van der Waals surface area contributed by atoms with Crippen LogP contribution in [0.1, 0.15) is 62.3 Å². The lowest BCUT2D eigenvalue weighted by Crippen LogP contribution is -2.48. The zero-order chi connectivity index (χ0) is 20.3. The van der Waals surface area contributed by atoms with Gasteiger partial charge in [0.1, 0.15) is 10.7 Å². The molecule has 0 radical (unpaired) electrons. The van der Waals surface area contributed by atoms with Gasteiger partial charge in [0, 0.05) is 25.7 Å². The summed E-state index contributed by atoms with van der Waals surface area (Å²) in [4.78, 5) is 12.5. The molecule has 2 atom stereocenters. The Kier molecular flexibility index (Phi) is 6.62. The largest absolute Gasteiger partial charge is 0.455 e. The summed E-state index contributed by atoms with van der Waals surface area (Å²) in [6, 6.07) is 1.34. The molecule has 2 heterocycles. The van der Waals surface area contributed by atoms with E-state index in [0.29, 0.717) is 6.54 Å². The zero-order valence-electron chi connectivity index (χ0n) is 16.9. The topological polar surface area (TPSA) is 88.8 Å². The molecule has 7 nitrogen and oxygen atoms in total. The number of aryl methyl sites for hydroxylation is 1. The number of nitrogens with zero attached hydrogens (tertiary/aromatic N) is 1. The fourth-order valence-electron chi connectivity index (χ4n) is 3.85. The third-order valence-corrected chi connectivity index (χ3v) is 7.16. The third kappa shape index (κ3) is 4.85. The van der Waals surface area contributed by atoms with Crippen molar-refractivity contribution in [2.24, 2.45) is 0 Å². The van der Waals surface area contributed by atoms with Crippen LogP contribution in [0.15, 0.2) is 27.0 Å². The van der Waals surface area contributed by atoms with E-state index in [9.17, 15) is 13.2 Å². The minimum absolute atomic E-state index is 0.0306. The first kappa shape index (κ1) is 21.1. The van der Waals surface area contributed by atoms with Gasteiger partial charge in [-0.2, -0.15) is 4.31 Å². The van der Waals surface area contributed by atoms with Gasteiger partial charge in [-0.15, -0.1) is 0 Å². The van der Waals surface area contributed by atoms with E-state index in [1.54, 1.807) is 6.92 Å². The first-order chi connectivity index (χ1) is 13.3. The summed E-state index contributed by atoms with van der Waals surface area (Å²) in [5, 5.41) is 2.83. The molecule has 1 N–H and O–H groups in total. The fourth-order valence-corrected chi connectivity index (χ4v) is 5.61. The van der Waals surface area contributed by atoms with Gasteiger partial charge in [0.25, 0.3) is 5.91 Å². The molecule has 1 saturated heterocycles. The van der Waals surface area contributed by atoms with Crippen LogP contribution in [0, 0.1) is 6.92 Å². The monoisotopic (exact) mass is 410 g/mol. The Labute approximate surface area is 167 Å². The molecule has 28 heavy (non-hydrogen) atoms. The van der Waals surface area contributed by atoms with Crippen LogP contribution >= 0.6 is 0 Å². The lowest BCUT2D eigenvalue weighted by molar-refractivity contribution is -0.0441. The number of morpholine rings is 1. The Bertz CT molecular complexity index is 833. The molecule has 0 unspecified atom stereocenters. The van der Waals surface area contributed by atoms with E-state index in [1.807, 2.05) is 13.8 Å². The SMILES string of the molecule is Cc1oc(C(=O)NCCC2=CCCCC2)cc1S(=O)(=O)N1C[C@@H](C)O[C@H](C)C1.